The molecule has 1 aromatic carbocycles. The Balaban J connectivity index is 1.51. The van der Waals surface area contributed by atoms with Crippen LogP contribution in [0.15, 0.2) is 46.2 Å². The highest BCUT2D eigenvalue weighted by molar-refractivity contribution is 7.99. The first-order valence-corrected chi connectivity index (χ1v) is 11.5. The first-order chi connectivity index (χ1) is 15.3. The van der Waals surface area contributed by atoms with Gasteiger partial charge in [0.25, 0.3) is 0 Å². The van der Waals surface area contributed by atoms with E-state index in [1.54, 1.807) is 18.4 Å². The molecule has 1 aliphatic rings. The number of alkyl halides is 3. The first-order valence-electron chi connectivity index (χ1n) is 10.1. The van der Waals surface area contributed by atoms with Gasteiger partial charge in [-0.3, -0.25) is 9.36 Å². The number of hydrogen-bond acceptors (Lipinski definition) is 5. The molecule has 11 heteroatoms. The lowest BCUT2D eigenvalue weighted by Crippen LogP contribution is -2.19. The highest BCUT2D eigenvalue weighted by Crippen LogP contribution is 2.38. The fourth-order valence-corrected chi connectivity index (χ4v) is 4.77. The maximum absolute atomic E-state index is 13.3. The van der Waals surface area contributed by atoms with Crippen LogP contribution in [0.1, 0.15) is 43.7 Å². The van der Waals surface area contributed by atoms with Crippen LogP contribution < -0.4 is 5.32 Å². The molecule has 3 aromatic rings. The number of amides is 1. The van der Waals surface area contributed by atoms with Crippen molar-refractivity contribution in [2.24, 2.45) is 0 Å². The lowest BCUT2D eigenvalue weighted by molar-refractivity contribution is -0.137. The van der Waals surface area contributed by atoms with Crippen molar-refractivity contribution in [2.45, 2.75) is 49.5 Å². The molecule has 0 saturated heterocycles. The highest BCUT2D eigenvalue weighted by atomic mass is 35.5. The van der Waals surface area contributed by atoms with Crippen molar-refractivity contribution in [1.29, 1.82) is 0 Å². The molecule has 0 aliphatic heterocycles. The number of furan rings is 1. The molecule has 1 N–H and O–H groups in total. The first kappa shape index (κ1) is 22.7. The number of halogens is 4. The van der Waals surface area contributed by atoms with Crippen LogP contribution in [-0.4, -0.2) is 26.4 Å². The molecule has 0 radical (unpaired) electrons. The number of nitrogens with one attached hydrogen (secondary N) is 1. The van der Waals surface area contributed by atoms with E-state index in [1.807, 2.05) is 4.57 Å². The number of hydrogen-bond donors (Lipinski definition) is 1. The molecule has 2 heterocycles. The fraction of sp³-hybridized carbons (Fsp3) is 0.381. The molecule has 1 amide bonds. The molecule has 1 aliphatic carbocycles. The van der Waals surface area contributed by atoms with Crippen molar-refractivity contribution < 1.29 is 22.4 Å². The molecule has 1 saturated carbocycles. The average Bonchev–Trinajstić information content (AvgIpc) is 3.43. The van der Waals surface area contributed by atoms with Crippen molar-refractivity contribution in [3.8, 4) is 11.6 Å². The van der Waals surface area contributed by atoms with E-state index in [0.717, 1.165) is 49.6 Å². The van der Waals surface area contributed by atoms with Crippen molar-refractivity contribution in [1.82, 2.24) is 14.8 Å². The Hall–Kier alpha value is -2.46. The largest absolute Gasteiger partial charge is 0.461 e. The molecule has 0 unspecified atom stereocenters. The molecule has 0 bridgehead atoms. The van der Waals surface area contributed by atoms with Gasteiger partial charge in [-0.25, -0.2) is 0 Å². The van der Waals surface area contributed by atoms with E-state index in [0.29, 0.717) is 16.7 Å². The van der Waals surface area contributed by atoms with Crippen molar-refractivity contribution >= 4 is 35.0 Å². The predicted molar refractivity (Wildman–Crippen MR) is 116 cm³/mol. The summed E-state index contributed by atoms with van der Waals surface area (Å²) in [5.41, 5.74) is -1.33. The van der Waals surface area contributed by atoms with E-state index >= 15 is 0 Å². The van der Waals surface area contributed by atoms with Crippen LogP contribution in [0.5, 0.6) is 0 Å². The summed E-state index contributed by atoms with van der Waals surface area (Å²) < 4.78 is 47.3. The third-order valence-corrected chi connectivity index (χ3v) is 6.42. The molecule has 6 nitrogen and oxygen atoms in total. The Morgan fingerprint density at radius 2 is 2.00 bits per heavy atom. The highest BCUT2D eigenvalue weighted by Gasteiger charge is 2.34. The number of benzene rings is 1. The Morgan fingerprint density at radius 1 is 1.22 bits per heavy atom. The topological polar surface area (TPSA) is 73.0 Å². The van der Waals surface area contributed by atoms with Gasteiger partial charge in [-0.2, -0.15) is 13.2 Å². The summed E-state index contributed by atoms with van der Waals surface area (Å²) in [6, 6.07) is 6.98. The maximum Gasteiger partial charge on any atom is 0.418 e. The second-order valence-electron chi connectivity index (χ2n) is 7.47. The molecule has 0 atom stereocenters. The van der Waals surface area contributed by atoms with Gasteiger partial charge in [-0.1, -0.05) is 42.6 Å². The molecule has 1 fully saturated rings. The van der Waals surface area contributed by atoms with E-state index in [1.165, 1.54) is 12.5 Å². The second kappa shape index (κ2) is 9.58. The SMILES string of the molecule is O=C(CSc1nnc(-c2ccco2)n1C1CCCCC1)Nc1ccc(Cl)cc1C(F)(F)F. The molecular formula is C21H20ClF3N4O2S. The van der Waals surface area contributed by atoms with Gasteiger partial charge >= 0.3 is 6.18 Å². The van der Waals surface area contributed by atoms with Crippen molar-refractivity contribution in [3.63, 3.8) is 0 Å². The standard InChI is InChI=1S/C21H20ClF3N4O2S/c22-13-8-9-16(15(11-13)21(23,24)25)26-18(30)12-32-20-28-27-19(17-7-4-10-31-17)29(20)14-5-2-1-3-6-14/h4,7-11,14H,1-3,5-6,12H2,(H,26,30). The number of thioether (sulfide) groups is 1. The van der Waals surface area contributed by atoms with Crippen LogP contribution in [0.3, 0.4) is 0 Å². The van der Waals surface area contributed by atoms with Gasteiger partial charge < -0.3 is 9.73 Å². The third-order valence-electron chi connectivity index (χ3n) is 5.24. The summed E-state index contributed by atoms with van der Waals surface area (Å²) in [7, 11) is 0. The minimum Gasteiger partial charge on any atom is -0.461 e. The predicted octanol–water partition coefficient (Wildman–Crippen LogP) is 6.45. The minimum absolute atomic E-state index is 0.0595. The van der Waals surface area contributed by atoms with E-state index in [9.17, 15) is 18.0 Å². The zero-order valence-corrected chi connectivity index (χ0v) is 18.4. The molecular weight excluding hydrogens is 465 g/mol. The average molecular weight is 485 g/mol. The summed E-state index contributed by atoms with van der Waals surface area (Å²) in [5, 5.41) is 11.3. The number of anilines is 1. The smallest absolute Gasteiger partial charge is 0.418 e. The van der Waals surface area contributed by atoms with Crippen LogP contribution in [0.4, 0.5) is 18.9 Å². The van der Waals surface area contributed by atoms with Crippen LogP contribution in [0.2, 0.25) is 5.02 Å². The normalized spacial score (nSPS) is 15.1. The minimum atomic E-state index is -4.64. The van der Waals surface area contributed by atoms with Crippen LogP contribution in [0, 0.1) is 0 Å². The van der Waals surface area contributed by atoms with Crippen LogP contribution >= 0.6 is 23.4 Å². The molecule has 2 aromatic heterocycles. The number of nitrogens with zero attached hydrogens (tertiary/aromatic N) is 3. The molecule has 32 heavy (non-hydrogen) atoms. The van der Waals surface area contributed by atoms with Crippen LogP contribution in [-0.2, 0) is 11.0 Å². The van der Waals surface area contributed by atoms with E-state index in [2.05, 4.69) is 15.5 Å². The zero-order chi connectivity index (χ0) is 22.7. The summed E-state index contributed by atoms with van der Waals surface area (Å²) in [6.07, 6.45) is 2.18. The van der Waals surface area contributed by atoms with Gasteiger partial charge in [0.15, 0.2) is 10.9 Å². The second-order valence-corrected chi connectivity index (χ2v) is 8.85. The monoisotopic (exact) mass is 484 g/mol. The van der Waals surface area contributed by atoms with Crippen LogP contribution in [0.25, 0.3) is 11.6 Å². The van der Waals surface area contributed by atoms with Gasteiger partial charge in [0.1, 0.15) is 0 Å². The molecule has 4 rings (SSSR count). The van der Waals surface area contributed by atoms with E-state index < -0.39 is 17.6 Å². The maximum atomic E-state index is 13.3. The van der Waals surface area contributed by atoms with Gasteiger partial charge in [0.05, 0.1) is 23.3 Å². The summed E-state index contributed by atoms with van der Waals surface area (Å²) in [5.74, 6) is 0.459. The van der Waals surface area contributed by atoms with Crippen molar-refractivity contribution in [3.05, 3.63) is 47.2 Å². The Bertz CT molecular complexity index is 1080. The zero-order valence-electron chi connectivity index (χ0n) is 16.9. The summed E-state index contributed by atoms with van der Waals surface area (Å²) in [6.45, 7) is 0. The number of carbonyl (C=O) groups excluding carboxylic acids is 1. The van der Waals surface area contributed by atoms with E-state index in [4.69, 9.17) is 16.0 Å². The van der Waals surface area contributed by atoms with Gasteiger partial charge in [-0.15, -0.1) is 10.2 Å². The quantitative estimate of drug-likeness (QED) is 0.407. The number of carbonyl (C=O) groups is 1. The number of rotatable bonds is 6. The van der Waals surface area contributed by atoms with Gasteiger partial charge in [0, 0.05) is 11.1 Å². The Morgan fingerprint density at radius 3 is 2.69 bits per heavy atom. The summed E-state index contributed by atoms with van der Waals surface area (Å²) >= 11 is 6.82. The van der Waals surface area contributed by atoms with Gasteiger partial charge in [0.2, 0.25) is 11.7 Å². The Labute approximate surface area is 191 Å². The number of aromatic nitrogens is 3. The molecule has 0 spiro atoms. The van der Waals surface area contributed by atoms with Crippen molar-refractivity contribution in [2.75, 3.05) is 11.1 Å². The molecule has 170 valence electrons. The summed E-state index contributed by atoms with van der Waals surface area (Å²) in [4.78, 5) is 12.5. The van der Waals surface area contributed by atoms with E-state index in [-0.39, 0.29) is 22.5 Å². The Kier molecular flexibility index (Phi) is 6.80. The lowest BCUT2D eigenvalue weighted by Gasteiger charge is -2.25. The lowest BCUT2D eigenvalue weighted by atomic mass is 9.95. The fourth-order valence-electron chi connectivity index (χ4n) is 3.79. The van der Waals surface area contributed by atoms with Gasteiger partial charge in [-0.05, 0) is 43.2 Å². The third kappa shape index (κ3) is 5.12.